The van der Waals surface area contributed by atoms with E-state index in [9.17, 15) is 9.18 Å². The largest absolute Gasteiger partial charge is 0.348 e. The van der Waals surface area contributed by atoms with E-state index in [0.717, 1.165) is 16.0 Å². The van der Waals surface area contributed by atoms with Crippen molar-refractivity contribution < 1.29 is 9.18 Å². The van der Waals surface area contributed by atoms with Gasteiger partial charge in [-0.15, -0.1) is 11.8 Å². The van der Waals surface area contributed by atoms with E-state index in [1.54, 1.807) is 18.2 Å². The SMILES string of the molecule is Cc1ccccc1CNC(=O)c1ccccc1SCc1ccccc1F. The lowest BCUT2D eigenvalue weighted by molar-refractivity contribution is 0.0948. The van der Waals surface area contributed by atoms with Crippen LogP contribution in [-0.2, 0) is 12.3 Å². The third kappa shape index (κ3) is 4.52. The molecule has 0 unspecified atom stereocenters. The van der Waals surface area contributed by atoms with Crippen LogP contribution in [0.3, 0.4) is 0 Å². The van der Waals surface area contributed by atoms with Gasteiger partial charge in [0.15, 0.2) is 0 Å². The highest BCUT2D eigenvalue weighted by molar-refractivity contribution is 7.98. The van der Waals surface area contributed by atoms with E-state index in [1.165, 1.54) is 17.8 Å². The van der Waals surface area contributed by atoms with Gasteiger partial charge in [-0.25, -0.2) is 4.39 Å². The predicted octanol–water partition coefficient (Wildman–Crippen LogP) is 5.36. The van der Waals surface area contributed by atoms with Gasteiger partial charge in [0, 0.05) is 17.2 Å². The molecule has 3 aromatic carbocycles. The standard InChI is InChI=1S/C22H20FNOS/c1-16-8-2-3-9-17(16)14-24-22(25)19-11-5-7-13-21(19)26-15-18-10-4-6-12-20(18)23/h2-13H,14-15H2,1H3,(H,24,25). The number of hydrogen-bond donors (Lipinski definition) is 1. The number of amides is 1. The van der Waals surface area contributed by atoms with Crippen LogP contribution in [0.5, 0.6) is 0 Å². The van der Waals surface area contributed by atoms with Crippen LogP contribution in [0.1, 0.15) is 27.0 Å². The topological polar surface area (TPSA) is 29.1 Å². The quantitative estimate of drug-likeness (QED) is 0.596. The van der Waals surface area contributed by atoms with Crippen LogP contribution in [-0.4, -0.2) is 5.91 Å². The van der Waals surface area contributed by atoms with E-state index in [-0.39, 0.29) is 11.7 Å². The normalized spacial score (nSPS) is 10.5. The average molecular weight is 365 g/mol. The fourth-order valence-corrected chi connectivity index (χ4v) is 3.67. The molecule has 0 saturated heterocycles. The number of nitrogens with one attached hydrogen (secondary N) is 1. The summed E-state index contributed by atoms with van der Waals surface area (Å²) in [5.41, 5.74) is 3.49. The van der Waals surface area contributed by atoms with Crippen molar-refractivity contribution in [2.45, 2.75) is 24.1 Å². The summed E-state index contributed by atoms with van der Waals surface area (Å²) >= 11 is 1.47. The van der Waals surface area contributed by atoms with E-state index >= 15 is 0 Å². The molecule has 0 atom stereocenters. The average Bonchev–Trinajstić information content (AvgIpc) is 2.67. The van der Waals surface area contributed by atoms with E-state index < -0.39 is 0 Å². The van der Waals surface area contributed by atoms with Gasteiger partial charge in [0.25, 0.3) is 5.91 Å². The number of halogens is 1. The van der Waals surface area contributed by atoms with Crippen molar-refractivity contribution in [3.05, 3.63) is 101 Å². The maximum Gasteiger partial charge on any atom is 0.252 e. The Morgan fingerprint density at radius 2 is 1.58 bits per heavy atom. The lowest BCUT2D eigenvalue weighted by Crippen LogP contribution is -2.23. The summed E-state index contributed by atoms with van der Waals surface area (Å²) in [6.45, 7) is 2.51. The summed E-state index contributed by atoms with van der Waals surface area (Å²) in [6.07, 6.45) is 0. The highest BCUT2D eigenvalue weighted by atomic mass is 32.2. The van der Waals surface area contributed by atoms with Crippen LogP contribution in [0, 0.1) is 12.7 Å². The first-order valence-electron chi connectivity index (χ1n) is 8.43. The zero-order chi connectivity index (χ0) is 18.4. The first-order valence-corrected chi connectivity index (χ1v) is 9.41. The van der Waals surface area contributed by atoms with Crippen molar-refractivity contribution in [2.24, 2.45) is 0 Å². The van der Waals surface area contributed by atoms with E-state index in [4.69, 9.17) is 0 Å². The van der Waals surface area contributed by atoms with Crippen LogP contribution in [0.15, 0.2) is 77.7 Å². The van der Waals surface area contributed by atoms with Crippen LogP contribution in [0.25, 0.3) is 0 Å². The highest BCUT2D eigenvalue weighted by Gasteiger charge is 2.12. The lowest BCUT2D eigenvalue weighted by Gasteiger charge is -2.11. The lowest BCUT2D eigenvalue weighted by atomic mass is 10.1. The molecule has 0 aliphatic carbocycles. The van der Waals surface area contributed by atoms with E-state index in [0.29, 0.717) is 23.4 Å². The van der Waals surface area contributed by atoms with Gasteiger partial charge in [-0.1, -0.05) is 54.6 Å². The van der Waals surface area contributed by atoms with Gasteiger partial charge in [-0.2, -0.15) is 0 Å². The number of thioether (sulfide) groups is 1. The molecule has 0 spiro atoms. The van der Waals surface area contributed by atoms with Gasteiger partial charge >= 0.3 is 0 Å². The van der Waals surface area contributed by atoms with Crippen LogP contribution >= 0.6 is 11.8 Å². The molecule has 132 valence electrons. The van der Waals surface area contributed by atoms with Gasteiger partial charge in [0.1, 0.15) is 5.82 Å². The summed E-state index contributed by atoms with van der Waals surface area (Å²) in [7, 11) is 0. The fourth-order valence-electron chi connectivity index (χ4n) is 2.63. The molecule has 0 bridgehead atoms. The van der Waals surface area contributed by atoms with Gasteiger partial charge < -0.3 is 5.32 Å². The maximum absolute atomic E-state index is 13.8. The van der Waals surface area contributed by atoms with Crippen LogP contribution < -0.4 is 5.32 Å². The Morgan fingerprint density at radius 1 is 0.923 bits per heavy atom. The monoisotopic (exact) mass is 365 g/mol. The second-order valence-corrected chi connectivity index (χ2v) is 7.00. The zero-order valence-corrected chi connectivity index (χ0v) is 15.4. The number of aryl methyl sites for hydroxylation is 1. The number of carbonyl (C=O) groups excluding carboxylic acids is 1. The number of hydrogen-bond acceptors (Lipinski definition) is 2. The maximum atomic E-state index is 13.8. The molecule has 0 aliphatic rings. The third-order valence-corrected chi connectivity index (χ3v) is 5.30. The van der Waals surface area contributed by atoms with Crippen LogP contribution in [0.4, 0.5) is 4.39 Å². The Balaban J connectivity index is 1.69. The minimum Gasteiger partial charge on any atom is -0.348 e. The summed E-state index contributed by atoms with van der Waals surface area (Å²) in [4.78, 5) is 13.5. The molecule has 1 N–H and O–H groups in total. The molecule has 26 heavy (non-hydrogen) atoms. The van der Waals surface area contributed by atoms with E-state index in [1.807, 2.05) is 55.5 Å². The Kier molecular flexibility index (Phi) is 6.08. The van der Waals surface area contributed by atoms with Crippen molar-refractivity contribution in [3.8, 4) is 0 Å². The Bertz CT molecular complexity index is 910. The molecular formula is C22H20FNOS. The molecule has 3 aromatic rings. The molecule has 0 saturated carbocycles. The van der Waals surface area contributed by atoms with Gasteiger partial charge in [-0.3, -0.25) is 4.79 Å². The second kappa shape index (κ2) is 8.68. The first-order chi connectivity index (χ1) is 12.6. The molecule has 1 amide bonds. The van der Waals surface area contributed by atoms with Crippen molar-refractivity contribution in [2.75, 3.05) is 0 Å². The first kappa shape index (κ1) is 18.2. The smallest absolute Gasteiger partial charge is 0.252 e. The summed E-state index contributed by atoms with van der Waals surface area (Å²) in [5, 5.41) is 2.98. The third-order valence-electron chi connectivity index (χ3n) is 4.17. The summed E-state index contributed by atoms with van der Waals surface area (Å²) < 4.78 is 13.8. The van der Waals surface area contributed by atoms with Crippen LogP contribution in [0.2, 0.25) is 0 Å². The highest BCUT2D eigenvalue weighted by Crippen LogP contribution is 2.27. The molecule has 2 nitrogen and oxygen atoms in total. The second-order valence-electron chi connectivity index (χ2n) is 5.99. The minimum absolute atomic E-state index is 0.120. The van der Waals surface area contributed by atoms with Crippen molar-refractivity contribution in [3.63, 3.8) is 0 Å². The van der Waals surface area contributed by atoms with Gasteiger partial charge in [0.05, 0.1) is 5.56 Å². The van der Waals surface area contributed by atoms with Crippen molar-refractivity contribution >= 4 is 17.7 Å². The molecule has 0 radical (unpaired) electrons. The molecule has 0 fully saturated rings. The van der Waals surface area contributed by atoms with Gasteiger partial charge in [-0.05, 0) is 41.8 Å². The molecular weight excluding hydrogens is 345 g/mol. The van der Waals surface area contributed by atoms with Crippen molar-refractivity contribution in [1.82, 2.24) is 5.32 Å². The Labute approximate surface area is 157 Å². The molecule has 3 rings (SSSR count). The molecule has 0 aliphatic heterocycles. The predicted molar refractivity (Wildman–Crippen MR) is 105 cm³/mol. The van der Waals surface area contributed by atoms with Gasteiger partial charge in [0.2, 0.25) is 0 Å². The van der Waals surface area contributed by atoms with Crippen molar-refractivity contribution in [1.29, 1.82) is 0 Å². The number of benzene rings is 3. The molecule has 0 heterocycles. The molecule has 4 heteroatoms. The Morgan fingerprint density at radius 3 is 2.35 bits per heavy atom. The summed E-state index contributed by atoms with van der Waals surface area (Å²) in [6, 6.07) is 22.1. The molecule has 0 aromatic heterocycles. The zero-order valence-electron chi connectivity index (χ0n) is 14.5. The minimum atomic E-state index is -0.221. The number of rotatable bonds is 6. The number of carbonyl (C=O) groups is 1. The summed E-state index contributed by atoms with van der Waals surface area (Å²) in [5.74, 6) is 0.140. The van der Waals surface area contributed by atoms with E-state index in [2.05, 4.69) is 5.32 Å². The fraction of sp³-hybridized carbons (Fsp3) is 0.136. The Hall–Kier alpha value is -2.59.